The zero-order valence-electron chi connectivity index (χ0n) is 16.6. The van der Waals surface area contributed by atoms with Crippen LogP contribution in [0.15, 0.2) is 34.9 Å². The minimum Gasteiger partial charge on any atom is -0.337 e. The number of rotatable bonds is 5. The molecule has 0 radical (unpaired) electrons. The van der Waals surface area contributed by atoms with Gasteiger partial charge in [-0.1, -0.05) is 5.16 Å². The molecule has 0 saturated carbocycles. The van der Waals surface area contributed by atoms with Crippen molar-refractivity contribution in [3.8, 4) is 11.5 Å². The number of amides is 1. The Hall–Kier alpha value is -3.03. The van der Waals surface area contributed by atoms with Gasteiger partial charge in [0.05, 0.1) is 5.69 Å². The molecule has 7 nitrogen and oxygen atoms in total. The average Bonchev–Trinajstić information content (AvgIpc) is 3.32. The number of carbonyl (C=O) groups excluding carboxylic acids is 1. The molecule has 1 amide bonds. The zero-order chi connectivity index (χ0) is 20.4. The molecule has 0 bridgehead atoms. The van der Waals surface area contributed by atoms with Gasteiger partial charge in [0.25, 0.3) is 11.8 Å². The predicted octanol–water partition coefficient (Wildman–Crippen LogP) is 3.40. The molecule has 2 aromatic heterocycles. The van der Waals surface area contributed by atoms with Crippen molar-refractivity contribution in [1.29, 1.82) is 0 Å². The summed E-state index contributed by atoms with van der Waals surface area (Å²) >= 11 is 0. The van der Waals surface area contributed by atoms with Crippen molar-refractivity contribution in [2.45, 2.75) is 32.6 Å². The minimum atomic E-state index is -0.300. The van der Waals surface area contributed by atoms with Crippen LogP contribution in [-0.2, 0) is 13.5 Å². The fourth-order valence-electron chi connectivity index (χ4n) is 3.86. The molecule has 1 aliphatic rings. The van der Waals surface area contributed by atoms with E-state index in [-0.39, 0.29) is 11.7 Å². The number of hydrogen-bond acceptors (Lipinski definition) is 5. The highest BCUT2D eigenvalue weighted by Crippen LogP contribution is 2.24. The minimum absolute atomic E-state index is 0.0379. The van der Waals surface area contributed by atoms with Crippen LogP contribution < -0.4 is 0 Å². The van der Waals surface area contributed by atoms with Crippen LogP contribution >= 0.6 is 0 Å². The third-order valence-corrected chi connectivity index (χ3v) is 5.36. The molecule has 8 heteroatoms. The van der Waals surface area contributed by atoms with Gasteiger partial charge in [0.15, 0.2) is 5.82 Å². The van der Waals surface area contributed by atoms with Crippen LogP contribution in [0.25, 0.3) is 11.5 Å². The van der Waals surface area contributed by atoms with Gasteiger partial charge < -0.3 is 9.42 Å². The van der Waals surface area contributed by atoms with E-state index in [2.05, 4.69) is 15.2 Å². The van der Waals surface area contributed by atoms with E-state index in [1.165, 1.54) is 12.1 Å². The fraction of sp³-hybridized carbons (Fsp3) is 0.429. The predicted molar refractivity (Wildman–Crippen MR) is 105 cm³/mol. The smallest absolute Gasteiger partial charge is 0.272 e. The van der Waals surface area contributed by atoms with Crippen LogP contribution in [0.4, 0.5) is 4.39 Å². The van der Waals surface area contributed by atoms with Crippen LogP contribution in [0.1, 0.15) is 41.3 Å². The summed E-state index contributed by atoms with van der Waals surface area (Å²) in [5, 5.41) is 8.32. The molecule has 1 aromatic carbocycles. The summed E-state index contributed by atoms with van der Waals surface area (Å²) in [6.07, 6.45) is 3.63. The summed E-state index contributed by atoms with van der Waals surface area (Å²) in [7, 11) is 1.80. The summed E-state index contributed by atoms with van der Waals surface area (Å²) < 4.78 is 20.0. The Bertz CT molecular complexity index is 995. The van der Waals surface area contributed by atoms with Gasteiger partial charge in [0.2, 0.25) is 0 Å². The molecular formula is C21H24FN5O2. The van der Waals surface area contributed by atoms with Gasteiger partial charge in [0.1, 0.15) is 11.5 Å². The molecule has 0 aliphatic carbocycles. The quantitative estimate of drug-likeness (QED) is 0.659. The summed E-state index contributed by atoms with van der Waals surface area (Å²) in [6, 6.07) is 7.82. The second-order valence-corrected chi connectivity index (χ2v) is 7.62. The Morgan fingerprint density at radius 3 is 2.83 bits per heavy atom. The molecule has 4 rings (SSSR count). The molecule has 3 heterocycles. The van der Waals surface area contributed by atoms with E-state index < -0.39 is 0 Å². The Morgan fingerprint density at radius 2 is 2.10 bits per heavy atom. The molecule has 0 spiro atoms. The number of benzene rings is 1. The zero-order valence-corrected chi connectivity index (χ0v) is 16.6. The van der Waals surface area contributed by atoms with Gasteiger partial charge in [-0.2, -0.15) is 10.1 Å². The van der Waals surface area contributed by atoms with Crippen molar-refractivity contribution in [3.05, 3.63) is 53.4 Å². The topological polar surface area (TPSA) is 77.0 Å². The Balaban J connectivity index is 1.35. The number of halogens is 1. The van der Waals surface area contributed by atoms with Crippen LogP contribution in [0.5, 0.6) is 0 Å². The first-order chi connectivity index (χ1) is 14.0. The van der Waals surface area contributed by atoms with E-state index in [1.54, 1.807) is 23.9 Å². The van der Waals surface area contributed by atoms with Gasteiger partial charge in [-0.3, -0.25) is 9.48 Å². The standard InChI is InChI=1S/C21H24FN5O2/c1-14-12-18(26(2)24-14)21(28)27-11-3-4-15(13-27)5-10-19-23-20(29-25-19)16-6-8-17(22)9-7-16/h6-9,12,15H,3-5,10-11,13H2,1-2H3. The summed E-state index contributed by atoms with van der Waals surface area (Å²) in [5.74, 6) is 1.17. The number of hydrogen-bond donors (Lipinski definition) is 0. The number of aromatic nitrogens is 4. The maximum atomic E-state index is 13.1. The van der Waals surface area contributed by atoms with Crippen molar-refractivity contribution in [2.24, 2.45) is 13.0 Å². The molecule has 1 atom stereocenters. The monoisotopic (exact) mass is 397 g/mol. The highest BCUT2D eigenvalue weighted by Gasteiger charge is 2.26. The number of carbonyl (C=O) groups is 1. The lowest BCUT2D eigenvalue weighted by molar-refractivity contribution is 0.0657. The second-order valence-electron chi connectivity index (χ2n) is 7.62. The van der Waals surface area contributed by atoms with Gasteiger partial charge in [-0.25, -0.2) is 4.39 Å². The molecule has 1 aliphatic heterocycles. The molecule has 1 fully saturated rings. The van der Waals surface area contributed by atoms with Crippen molar-refractivity contribution in [3.63, 3.8) is 0 Å². The largest absolute Gasteiger partial charge is 0.337 e. The molecule has 0 N–H and O–H groups in total. The average molecular weight is 397 g/mol. The molecule has 3 aromatic rings. The van der Waals surface area contributed by atoms with Crippen LogP contribution in [0, 0.1) is 18.7 Å². The van der Waals surface area contributed by atoms with Crippen molar-refractivity contribution >= 4 is 5.91 Å². The number of piperidine rings is 1. The van der Waals surface area contributed by atoms with Gasteiger partial charge in [0, 0.05) is 32.1 Å². The van der Waals surface area contributed by atoms with Crippen LogP contribution in [0.3, 0.4) is 0 Å². The number of nitrogens with zero attached hydrogens (tertiary/aromatic N) is 5. The number of aryl methyl sites for hydroxylation is 3. The lowest BCUT2D eigenvalue weighted by Crippen LogP contribution is -2.40. The molecule has 1 saturated heterocycles. The Kier molecular flexibility index (Phi) is 5.42. The summed E-state index contributed by atoms with van der Waals surface area (Å²) in [4.78, 5) is 19.2. The normalized spacial score (nSPS) is 16.9. The first-order valence-electron chi connectivity index (χ1n) is 9.88. The van der Waals surface area contributed by atoms with Crippen molar-refractivity contribution in [2.75, 3.05) is 13.1 Å². The highest BCUT2D eigenvalue weighted by molar-refractivity contribution is 5.92. The first kappa shape index (κ1) is 19.3. The van der Waals surface area contributed by atoms with Gasteiger partial charge in [-0.15, -0.1) is 0 Å². The van der Waals surface area contributed by atoms with E-state index in [1.807, 2.05) is 17.9 Å². The van der Waals surface area contributed by atoms with E-state index in [0.717, 1.165) is 38.0 Å². The number of likely N-dealkylation sites (tertiary alicyclic amines) is 1. The molecule has 1 unspecified atom stereocenters. The third-order valence-electron chi connectivity index (χ3n) is 5.36. The maximum absolute atomic E-state index is 13.1. The first-order valence-corrected chi connectivity index (χ1v) is 9.88. The molecular weight excluding hydrogens is 373 g/mol. The van der Waals surface area contributed by atoms with Crippen LogP contribution in [-0.4, -0.2) is 43.8 Å². The van der Waals surface area contributed by atoms with E-state index >= 15 is 0 Å². The highest BCUT2D eigenvalue weighted by atomic mass is 19.1. The SMILES string of the molecule is Cc1cc(C(=O)N2CCCC(CCc3noc(-c4ccc(F)cc4)n3)C2)n(C)n1. The molecule has 152 valence electrons. The molecule has 29 heavy (non-hydrogen) atoms. The van der Waals surface area contributed by atoms with Crippen molar-refractivity contribution < 1.29 is 13.7 Å². The van der Waals surface area contributed by atoms with E-state index in [4.69, 9.17) is 4.52 Å². The summed E-state index contributed by atoms with van der Waals surface area (Å²) in [5.41, 5.74) is 2.18. The summed E-state index contributed by atoms with van der Waals surface area (Å²) in [6.45, 7) is 3.39. The lowest BCUT2D eigenvalue weighted by atomic mass is 9.93. The third kappa shape index (κ3) is 4.36. The lowest BCUT2D eigenvalue weighted by Gasteiger charge is -2.32. The van der Waals surface area contributed by atoms with Gasteiger partial charge >= 0.3 is 0 Å². The maximum Gasteiger partial charge on any atom is 0.272 e. The van der Waals surface area contributed by atoms with E-state index in [0.29, 0.717) is 35.3 Å². The second kappa shape index (κ2) is 8.14. The fourth-order valence-corrected chi connectivity index (χ4v) is 3.86. The van der Waals surface area contributed by atoms with Crippen LogP contribution in [0.2, 0.25) is 0 Å². The Morgan fingerprint density at radius 1 is 1.31 bits per heavy atom. The van der Waals surface area contributed by atoms with E-state index in [9.17, 15) is 9.18 Å². The van der Waals surface area contributed by atoms with Crippen molar-refractivity contribution in [1.82, 2.24) is 24.8 Å². The Labute approximate surface area is 168 Å². The van der Waals surface area contributed by atoms with Gasteiger partial charge in [-0.05, 0) is 62.4 Å².